The number of nitrogens with zero attached hydrogens (tertiary/aromatic N) is 3. The highest BCUT2D eigenvalue weighted by atomic mass is 16.5. The van der Waals surface area contributed by atoms with Gasteiger partial charge in [-0.05, 0) is 36.6 Å². The summed E-state index contributed by atoms with van der Waals surface area (Å²) in [7, 11) is 3.15. The first-order valence-corrected chi connectivity index (χ1v) is 12.8. The van der Waals surface area contributed by atoms with Gasteiger partial charge in [0.05, 0.1) is 25.6 Å². The van der Waals surface area contributed by atoms with Crippen molar-refractivity contribution >= 4 is 17.8 Å². The number of methoxy groups -OCH3 is 2. The lowest BCUT2D eigenvalue weighted by Gasteiger charge is -2.25. The summed E-state index contributed by atoms with van der Waals surface area (Å²) in [6, 6.07) is 22.6. The number of nitrogens with one attached hydrogen (secondary N) is 1. The highest BCUT2D eigenvalue weighted by Gasteiger charge is 2.23. The molecule has 1 heterocycles. The van der Waals surface area contributed by atoms with E-state index in [-0.39, 0.29) is 24.3 Å². The van der Waals surface area contributed by atoms with Gasteiger partial charge in [-0.2, -0.15) is 0 Å². The van der Waals surface area contributed by atoms with Crippen molar-refractivity contribution in [1.82, 2.24) is 14.5 Å². The Balaban J connectivity index is 1.66. The largest absolute Gasteiger partial charge is 0.493 e. The van der Waals surface area contributed by atoms with Gasteiger partial charge in [0.1, 0.15) is 6.54 Å². The standard InChI is InChI=1S/C31H34N4O4/c1-21(2)18-34(30(37)25-14-10-9-11-22(25)3)20-29(36)33-31-32-26(23-12-7-6-8-13-23)19-35(31)24-15-16-27(38-4)28(17-24)39-5/h6-17,19,21H,18,20H2,1-5H3,(H,32,33,36). The van der Waals surface area contributed by atoms with Crippen LogP contribution in [0.3, 0.4) is 0 Å². The minimum absolute atomic E-state index is 0.106. The highest BCUT2D eigenvalue weighted by Crippen LogP contribution is 2.31. The quantitative estimate of drug-likeness (QED) is 0.291. The Bertz CT molecular complexity index is 1450. The summed E-state index contributed by atoms with van der Waals surface area (Å²) in [5.41, 5.74) is 3.78. The number of aryl methyl sites for hydroxylation is 1. The molecule has 0 unspecified atom stereocenters. The van der Waals surface area contributed by atoms with Crippen molar-refractivity contribution in [2.24, 2.45) is 5.92 Å². The third kappa shape index (κ3) is 6.46. The van der Waals surface area contributed by atoms with E-state index in [0.29, 0.717) is 35.2 Å². The van der Waals surface area contributed by atoms with Crippen LogP contribution in [0, 0.1) is 12.8 Å². The molecule has 4 aromatic rings. The SMILES string of the molecule is COc1ccc(-n2cc(-c3ccccc3)nc2NC(=O)CN(CC(C)C)C(=O)c2ccccc2C)cc1OC. The zero-order chi connectivity index (χ0) is 27.9. The molecule has 0 spiro atoms. The van der Waals surface area contributed by atoms with Crippen LogP contribution in [0.1, 0.15) is 29.8 Å². The predicted octanol–water partition coefficient (Wildman–Crippen LogP) is 5.60. The first kappa shape index (κ1) is 27.4. The molecule has 8 nitrogen and oxygen atoms in total. The fourth-order valence-electron chi connectivity index (χ4n) is 4.37. The summed E-state index contributed by atoms with van der Waals surface area (Å²) < 4.78 is 12.7. The average Bonchev–Trinajstić information content (AvgIpc) is 3.36. The van der Waals surface area contributed by atoms with Crippen molar-refractivity contribution in [1.29, 1.82) is 0 Å². The molecular weight excluding hydrogens is 492 g/mol. The van der Waals surface area contributed by atoms with Crippen molar-refractivity contribution in [3.05, 3.63) is 90.1 Å². The van der Waals surface area contributed by atoms with Gasteiger partial charge in [-0.1, -0.05) is 62.4 Å². The van der Waals surface area contributed by atoms with Gasteiger partial charge < -0.3 is 14.4 Å². The molecular formula is C31H34N4O4. The Labute approximate surface area is 229 Å². The molecule has 0 atom stereocenters. The van der Waals surface area contributed by atoms with Gasteiger partial charge in [-0.15, -0.1) is 0 Å². The Morgan fingerprint density at radius 3 is 2.31 bits per heavy atom. The number of anilines is 1. The molecule has 8 heteroatoms. The van der Waals surface area contributed by atoms with E-state index in [4.69, 9.17) is 14.5 Å². The van der Waals surface area contributed by atoms with Gasteiger partial charge in [0.25, 0.3) is 5.91 Å². The van der Waals surface area contributed by atoms with Crippen molar-refractivity contribution in [3.63, 3.8) is 0 Å². The molecule has 1 N–H and O–H groups in total. The summed E-state index contributed by atoms with van der Waals surface area (Å²) in [5.74, 6) is 1.14. The maximum Gasteiger partial charge on any atom is 0.254 e. The van der Waals surface area contributed by atoms with Crippen LogP contribution in [0.4, 0.5) is 5.95 Å². The smallest absolute Gasteiger partial charge is 0.254 e. The molecule has 0 fully saturated rings. The second kappa shape index (κ2) is 12.3. The monoisotopic (exact) mass is 526 g/mol. The van der Waals surface area contributed by atoms with Crippen molar-refractivity contribution < 1.29 is 19.1 Å². The first-order valence-electron chi connectivity index (χ1n) is 12.8. The summed E-state index contributed by atoms with van der Waals surface area (Å²) in [6.45, 7) is 6.27. The van der Waals surface area contributed by atoms with E-state index in [0.717, 1.165) is 16.8 Å². The lowest BCUT2D eigenvalue weighted by molar-refractivity contribution is -0.117. The Morgan fingerprint density at radius 2 is 1.64 bits per heavy atom. The van der Waals surface area contributed by atoms with Crippen LogP contribution in [0.5, 0.6) is 11.5 Å². The Hall–Kier alpha value is -4.59. The van der Waals surface area contributed by atoms with E-state index >= 15 is 0 Å². The lowest BCUT2D eigenvalue weighted by atomic mass is 10.1. The highest BCUT2D eigenvalue weighted by molar-refractivity contribution is 6.00. The van der Waals surface area contributed by atoms with E-state index < -0.39 is 0 Å². The normalized spacial score (nSPS) is 10.8. The Kier molecular flexibility index (Phi) is 8.66. The number of ether oxygens (including phenoxy) is 2. The number of hydrogen-bond acceptors (Lipinski definition) is 5. The average molecular weight is 527 g/mol. The zero-order valence-electron chi connectivity index (χ0n) is 23.0. The molecule has 0 bridgehead atoms. The fraction of sp³-hybridized carbons (Fsp3) is 0.258. The molecule has 39 heavy (non-hydrogen) atoms. The number of carbonyl (C=O) groups excluding carboxylic acids is 2. The molecule has 0 aliphatic heterocycles. The lowest BCUT2D eigenvalue weighted by Crippen LogP contribution is -2.40. The van der Waals surface area contributed by atoms with E-state index in [1.807, 2.05) is 87.6 Å². The van der Waals surface area contributed by atoms with E-state index in [9.17, 15) is 9.59 Å². The molecule has 0 saturated carbocycles. The molecule has 3 aromatic carbocycles. The molecule has 0 aliphatic rings. The summed E-state index contributed by atoms with van der Waals surface area (Å²) in [4.78, 5) is 33.1. The minimum atomic E-state index is -0.343. The number of aromatic nitrogens is 2. The fourth-order valence-corrected chi connectivity index (χ4v) is 4.37. The van der Waals surface area contributed by atoms with Crippen LogP contribution in [-0.2, 0) is 4.79 Å². The van der Waals surface area contributed by atoms with E-state index in [2.05, 4.69) is 5.32 Å². The van der Waals surface area contributed by atoms with E-state index in [1.165, 1.54) is 0 Å². The number of rotatable bonds is 10. The molecule has 4 rings (SSSR count). The maximum absolute atomic E-state index is 13.4. The molecule has 202 valence electrons. The summed E-state index contributed by atoms with van der Waals surface area (Å²) in [5, 5.41) is 2.94. The molecule has 0 radical (unpaired) electrons. The van der Waals surface area contributed by atoms with Crippen molar-refractivity contribution in [2.45, 2.75) is 20.8 Å². The maximum atomic E-state index is 13.4. The van der Waals surface area contributed by atoms with Gasteiger partial charge in [0.2, 0.25) is 11.9 Å². The predicted molar refractivity (Wildman–Crippen MR) is 153 cm³/mol. The number of carbonyl (C=O) groups is 2. The second-order valence-corrected chi connectivity index (χ2v) is 9.67. The van der Waals surface area contributed by atoms with Crippen LogP contribution >= 0.6 is 0 Å². The van der Waals surface area contributed by atoms with Gasteiger partial charge >= 0.3 is 0 Å². The number of benzene rings is 3. The van der Waals surface area contributed by atoms with Gasteiger partial charge in [0.15, 0.2) is 11.5 Å². The van der Waals surface area contributed by atoms with Crippen molar-refractivity contribution in [3.8, 4) is 28.4 Å². The third-order valence-corrected chi connectivity index (χ3v) is 6.25. The van der Waals surface area contributed by atoms with Crippen LogP contribution in [0.15, 0.2) is 79.0 Å². The second-order valence-electron chi connectivity index (χ2n) is 9.67. The molecule has 1 aromatic heterocycles. The van der Waals surface area contributed by atoms with Gasteiger partial charge in [0, 0.05) is 29.9 Å². The molecule has 2 amide bonds. The topological polar surface area (TPSA) is 85.7 Å². The third-order valence-electron chi connectivity index (χ3n) is 6.25. The Morgan fingerprint density at radius 1 is 0.949 bits per heavy atom. The van der Waals surface area contributed by atoms with Crippen LogP contribution in [0.25, 0.3) is 16.9 Å². The summed E-state index contributed by atoms with van der Waals surface area (Å²) in [6.07, 6.45) is 1.86. The van der Waals surface area contributed by atoms with Crippen LogP contribution in [0.2, 0.25) is 0 Å². The van der Waals surface area contributed by atoms with Crippen LogP contribution < -0.4 is 14.8 Å². The minimum Gasteiger partial charge on any atom is -0.493 e. The number of imidazole rings is 1. The number of hydrogen-bond donors (Lipinski definition) is 1. The first-order chi connectivity index (χ1) is 18.8. The molecule has 0 saturated heterocycles. The molecule has 0 aliphatic carbocycles. The van der Waals surface area contributed by atoms with Crippen molar-refractivity contribution in [2.75, 3.05) is 32.6 Å². The van der Waals surface area contributed by atoms with Gasteiger partial charge in [-0.25, -0.2) is 4.98 Å². The van der Waals surface area contributed by atoms with E-state index in [1.54, 1.807) is 35.8 Å². The number of amides is 2. The summed E-state index contributed by atoms with van der Waals surface area (Å²) >= 11 is 0. The zero-order valence-corrected chi connectivity index (χ0v) is 23.0. The van der Waals surface area contributed by atoms with Crippen LogP contribution in [-0.4, -0.2) is 53.6 Å². The van der Waals surface area contributed by atoms with Gasteiger partial charge in [-0.3, -0.25) is 19.5 Å².